The van der Waals surface area contributed by atoms with E-state index >= 15 is 0 Å². The summed E-state index contributed by atoms with van der Waals surface area (Å²) in [4.78, 5) is 37.6. The predicted molar refractivity (Wildman–Crippen MR) is 129 cm³/mol. The van der Waals surface area contributed by atoms with Crippen LogP contribution >= 0.6 is 0 Å². The quantitative estimate of drug-likeness (QED) is 0.242. The first-order chi connectivity index (χ1) is 16.4. The van der Waals surface area contributed by atoms with Gasteiger partial charge in [0.05, 0.1) is 6.04 Å². The first-order valence-corrected chi connectivity index (χ1v) is 14.1. The van der Waals surface area contributed by atoms with Gasteiger partial charge in [0.25, 0.3) is 10.1 Å². The molecule has 1 aliphatic heterocycles. The molecular weight excluding hydrogens is 478 g/mol. The molecule has 2 fully saturated rings. The van der Waals surface area contributed by atoms with Gasteiger partial charge in [-0.1, -0.05) is 33.6 Å². The summed E-state index contributed by atoms with van der Waals surface area (Å²) in [6.07, 6.45) is 5.32. The smallest absolute Gasteiger partial charge is 0.408 e. The van der Waals surface area contributed by atoms with Gasteiger partial charge in [-0.2, -0.15) is 8.42 Å². The van der Waals surface area contributed by atoms with E-state index in [0.29, 0.717) is 18.9 Å². The van der Waals surface area contributed by atoms with E-state index in [2.05, 4.69) is 22.9 Å². The lowest BCUT2D eigenvalue weighted by Gasteiger charge is -2.30. The molecular formula is C23H41N3O8S. The highest BCUT2D eigenvalue weighted by molar-refractivity contribution is 7.86. The zero-order chi connectivity index (χ0) is 26.2. The zero-order valence-electron chi connectivity index (χ0n) is 20.9. The normalized spacial score (nSPS) is 25.4. The van der Waals surface area contributed by atoms with Crippen molar-refractivity contribution in [3.8, 4) is 0 Å². The van der Waals surface area contributed by atoms with Crippen molar-refractivity contribution in [3.63, 3.8) is 0 Å². The first kappa shape index (κ1) is 29.3. The van der Waals surface area contributed by atoms with Crippen LogP contribution in [0.25, 0.3) is 0 Å². The maximum atomic E-state index is 13.0. The van der Waals surface area contributed by atoms with Gasteiger partial charge in [-0.15, -0.1) is 0 Å². The van der Waals surface area contributed by atoms with Gasteiger partial charge >= 0.3 is 6.09 Å². The number of amides is 3. The number of nitrogens with one attached hydrogen (secondary N) is 3. The Kier molecular flexibility index (Phi) is 11.2. The Morgan fingerprint density at radius 3 is 2.31 bits per heavy atom. The van der Waals surface area contributed by atoms with E-state index in [1.165, 1.54) is 0 Å². The largest absolute Gasteiger partial charge is 0.446 e. The summed E-state index contributed by atoms with van der Waals surface area (Å²) < 4.78 is 38.1. The van der Waals surface area contributed by atoms with Crippen molar-refractivity contribution in [2.45, 2.75) is 102 Å². The highest BCUT2D eigenvalue weighted by Crippen LogP contribution is 2.29. The monoisotopic (exact) mass is 519 g/mol. The van der Waals surface area contributed by atoms with Crippen LogP contribution in [0, 0.1) is 17.8 Å². The summed E-state index contributed by atoms with van der Waals surface area (Å²) in [7, 11) is -4.91. The maximum Gasteiger partial charge on any atom is 0.408 e. The molecule has 3 amide bonds. The molecule has 12 heteroatoms. The Balaban J connectivity index is 2.03. The third kappa shape index (κ3) is 9.57. The minimum absolute atomic E-state index is 0.00101. The molecule has 1 aliphatic carbocycles. The number of ether oxygens (including phenoxy) is 1. The van der Waals surface area contributed by atoms with Crippen LogP contribution in [0.15, 0.2) is 0 Å². The standard InChI is InChI=1S/C23H41N3O8S/c1-4-5-15-6-8-17(9-7-15)34-23(30)26-18(12-14(2)3)21(28)25-19(22(29)35(31,32)33)13-16-10-11-24-20(16)27/h14-19,22,29H,4-13H2,1-3H3,(H,24,27)(H,25,28)(H,26,30)(H,31,32,33)/t15?,16-,17?,18?,19?,22?/m0/s1. The van der Waals surface area contributed by atoms with Crippen molar-refractivity contribution in [1.29, 1.82) is 0 Å². The number of alkyl carbamates (subject to hydrolysis) is 1. The summed E-state index contributed by atoms with van der Waals surface area (Å²) in [6.45, 7) is 6.26. The van der Waals surface area contributed by atoms with Crippen molar-refractivity contribution in [1.82, 2.24) is 16.0 Å². The third-order valence-corrected chi connectivity index (χ3v) is 7.70. The summed E-state index contributed by atoms with van der Waals surface area (Å²) in [5.41, 5.74) is -2.31. The Morgan fingerprint density at radius 1 is 1.14 bits per heavy atom. The molecule has 0 bridgehead atoms. The minimum atomic E-state index is -4.91. The van der Waals surface area contributed by atoms with Crippen LogP contribution in [0.1, 0.15) is 78.6 Å². The number of aliphatic hydroxyl groups is 1. The van der Waals surface area contributed by atoms with Crippen molar-refractivity contribution >= 4 is 28.0 Å². The second-order valence-corrected chi connectivity index (χ2v) is 11.7. The second kappa shape index (κ2) is 13.4. The average Bonchev–Trinajstić information content (AvgIpc) is 3.17. The zero-order valence-corrected chi connectivity index (χ0v) is 21.7. The lowest BCUT2D eigenvalue weighted by atomic mass is 9.85. The number of rotatable bonds is 12. The Morgan fingerprint density at radius 2 is 1.80 bits per heavy atom. The number of hydrogen-bond acceptors (Lipinski definition) is 7. The Hall–Kier alpha value is -1.92. The summed E-state index contributed by atoms with van der Waals surface area (Å²) in [5, 5.41) is 17.8. The van der Waals surface area contributed by atoms with Crippen LogP contribution in [-0.2, 0) is 24.4 Å². The molecule has 35 heavy (non-hydrogen) atoms. The number of carbonyl (C=O) groups excluding carboxylic acids is 3. The molecule has 1 heterocycles. The van der Waals surface area contributed by atoms with E-state index in [9.17, 15) is 32.5 Å². The molecule has 2 rings (SSSR count). The van der Waals surface area contributed by atoms with Gasteiger partial charge in [-0.3, -0.25) is 14.1 Å². The molecule has 202 valence electrons. The molecule has 1 saturated carbocycles. The fourth-order valence-corrected chi connectivity index (χ4v) is 5.49. The van der Waals surface area contributed by atoms with Gasteiger partial charge in [-0.25, -0.2) is 4.79 Å². The van der Waals surface area contributed by atoms with Crippen molar-refractivity contribution in [3.05, 3.63) is 0 Å². The van der Waals surface area contributed by atoms with E-state index in [1.807, 2.05) is 13.8 Å². The van der Waals surface area contributed by atoms with E-state index in [0.717, 1.165) is 38.5 Å². The summed E-state index contributed by atoms with van der Waals surface area (Å²) in [5.74, 6) is -1.02. The molecule has 3 unspecified atom stereocenters. The van der Waals surface area contributed by atoms with Crippen LogP contribution in [0.4, 0.5) is 4.79 Å². The highest BCUT2D eigenvalue weighted by Gasteiger charge is 2.38. The maximum absolute atomic E-state index is 13.0. The third-order valence-electron chi connectivity index (χ3n) is 6.76. The van der Waals surface area contributed by atoms with Gasteiger partial charge in [-0.05, 0) is 56.8 Å². The number of carbonyl (C=O) groups is 3. The van der Waals surface area contributed by atoms with Crippen LogP contribution in [-0.4, -0.2) is 66.2 Å². The molecule has 0 aromatic rings. The molecule has 0 radical (unpaired) electrons. The van der Waals surface area contributed by atoms with E-state index in [1.54, 1.807) is 0 Å². The van der Waals surface area contributed by atoms with Gasteiger partial charge in [0.2, 0.25) is 17.3 Å². The molecule has 0 aromatic heterocycles. The van der Waals surface area contributed by atoms with Gasteiger partial charge in [0, 0.05) is 12.5 Å². The molecule has 4 atom stereocenters. The van der Waals surface area contributed by atoms with Crippen LogP contribution in [0.3, 0.4) is 0 Å². The van der Waals surface area contributed by atoms with Crippen molar-refractivity contribution < 1.29 is 37.2 Å². The molecule has 0 spiro atoms. The first-order valence-electron chi connectivity index (χ1n) is 12.6. The lowest BCUT2D eigenvalue weighted by molar-refractivity contribution is -0.126. The van der Waals surface area contributed by atoms with Gasteiger partial charge in [0.15, 0.2) is 0 Å². The van der Waals surface area contributed by atoms with Crippen molar-refractivity contribution in [2.75, 3.05) is 6.54 Å². The Bertz CT molecular complexity index is 827. The highest BCUT2D eigenvalue weighted by atomic mass is 32.2. The van der Waals surface area contributed by atoms with Crippen LogP contribution in [0.5, 0.6) is 0 Å². The van der Waals surface area contributed by atoms with Crippen molar-refractivity contribution in [2.24, 2.45) is 17.8 Å². The molecule has 2 aliphatic rings. The number of hydrogen-bond donors (Lipinski definition) is 5. The summed E-state index contributed by atoms with van der Waals surface area (Å²) >= 11 is 0. The Labute approximate surface area is 207 Å². The molecule has 1 saturated heterocycles. The fourth-order valence-electron chi connectivity index (χ4n) is 4.89. The molecule has 11 nitrogen and oxygen atoms in total. The lowest BCUT2D eigenvalue weighted by Crippen LogP contribution is -2.55. The molecule has 5 N–H and O–H groups in total. The average molecular weight is 520 g/mol. The predicted octanol–water partition coefficient (Wildman–Crippen LogP) is 1.70. The van der Waals surface area contributed by atoms with Gasteiger partial charge < -0.3 is 25.8 Å². The van der Waals surface area contributed by atoms with Crippen LogP contribution < -0.4 is 16.0 Å². The van der Waals surface area contributed by atoms with E-state index in [-0.39, 0.29) is 30.8 Å². The van der Waals surface area contributed by atoms with E-state index < -0.39 is 45.6 Å². The topological polar surface area (TPSA) is 171 Å². The SMILES string of the molecule is CCCC1CCC(OC(=O)NC(CC(C)C)C(=O)NC(C[C@@H]2CCNC2=O)C(O)S(=O)(=O)O)CC1. The second-order valence-electron chi connectivity index (χ2n) is 10.2. The fraction of sp³-hybridized carbons (Fsp3) is 0.870. The molecule has 0 aromatic carbocycles. The van der Waals surface area contributed by atoms with Crippen LogP contribution in [0.2, 0.25) is 0 Å². The summed E-state index contributed by atoms with van der Waals surface area (Å²) in [6, 6.07) is -2.49. The minimum Gasteiger partial charge on any atom is -0.446 e. The van der Waals surface area contributed by atoms with E-state index in [4.69, 9.17) is 4.74 Å². The van der Waals surface area contributed by atoms with Gasteiger partial charge in [0.1, 0.15) is 12.1 Å². The number of aliphatic hydroxyl groups excluding tert-OH is 1.